The second-order valence-electron chi connectivity index (χ2n) is 6.88. The highest BCUT2D eigenvalue weighted by molar-refractivity contribution is 5.94. The van der Waals surface area contributed by atoms with Crippen LogP contribution in [0.25, 0.3) is 0 Å². The number of hydrogen-bond acceptors (Lipinski definition) is 8. The van der Waals surface area contributed by atoms with Gasteiger partial charge in [-0.1, -0.05) is 12.1 Å². The number of amides is 2. The predicted molar refractivity (Wildman–Crippen MR) is 128 cm³/mol. The van der Waals surface area contributed by atoms with Gasteiger partial charge in [0.25, 0.3) is 5.91 Å². The lowest BCUT2D eigenvalue weighted by Crippen LogP contribution is -2.27. The first kappa shape index (κ1) is 26.9. The Labute approximate surface area is 199 Å². The molecule has 0 bridgehead atoms. The second-order valence-corrected chi connectivity index (χ2v) is 6.88. The Morgan fingerprint density at radius 3 is 2.06 bits per heavy atom. The Bertz CT molecular complexity index is 862. The van der Waals surface area contributed by atoms with Crippen molar-refractivity contribution in [3.63, 3.8) is 0 Å². The molecule has 0 aliphatic heterocycles. The average Bonchev–Trinajstić information content (AvgIpc) is 2.87. The topological polar surface area (TPSA) is 116 Å². The smallest absolute Gasteiger partial charge is 0.406 e. The number of para-hydroxylation sites is 2. The molecule has 0 radical (unpaired) electrons. The van der Waals surface area contributed by atoms with Crippen LogP contribution in [0, 0.1) is 0 Å². The number of alkyl carbamates (subject to hydrolysis) is 1. The number of rotatable bonds is 16. The number of anilines is 2. The van der Waals surface area contributed by atoms with E-state index in [-0.39, 0.29) is 12.5 Å². The van der Waals surface area contributed by atoms with Crippen molar-refractivity contribution in [3.8, 4) is 5.75 Å². The van der Waals surface area contributed by atoms with Crippen LogP contribution in [0.1, 0.15) is 10.4 Å². The van der Waals surface area contributed by atoms with Crippen LogP contribution in [-0.4, -0.2) is 79.0 Å². The maximum Gasteiger partial charge on any atom is 0.406 e. The van der Waals surface area contributed by atoms with Gasteiger partial charge >= 0.3 is 6.09 Å². The normalized spacial score (nSPS) is 10.4. The zero-order chi connectivity index (χ0) is 24.4. The number of ether oxygens (including phenoxy) is 5. The Balaban J connectivity index is 1.50. The van der Waals surface area contributed by atoms with E-state index >= 15 is 0 Å². The molecule has 0 saturated heterocycles. The number of hydrogen-bond donors (Lipinski definition) is 3. The fourth-order valence-electron chi connectivity index (χ4n) is 2.75. The van der Waals surface area contributed by atoms with E-state index in [9.17, 15) is 9.59 Å². The molecular weight excluding hydrogens is 442 g/mol. The summed E-state index contributed by atoms with van der Waals surface area (Å²) < 4.78 is 26.2. The van der Waals surface area contributed by atoms with E-state index in [1.165, 1.54) is 7.05 Å². The summed E-state index contributed by atoms with van der Waals surface area (Å²) in [4.78, 5) is 23.1. The molecule has 10 nitrogen and oxygen atoms in total. The largest absolute Gasteiger partial charge is 0.495 e. The zero-order valence-electron chi connectivity index (χ0n) is 19.6. The molecule has 186 valence electrons. The molecule has 0 aromatic heterocycles. The van der Waals surface area contributed by atoms with Gasteiger partial charge in [-0.2, -0.15) is 0 Å². The minimum absolute atomic E-state index is 0.166. The van der Waals surface area contributed by atoms with Crippen LogP contribution in [0.15, 0.2) is 48.5 Å². The number of benzene rings is 2. The van der Waals surface area contributed by atoms with Crippen molar-refractivity contribution >= 4 is 23.4 Å². The minimum atomic E-state index is -0.483. The second kappa shape index (κ2) is 16.3. The van der Waals surface area contributed by atoms with Crippen molar-refractivity contribution < 1.29 is 33.3 Å². The molecule has 2 amide bonds. The molecule has 2 aromatic rings. The van der Waals surface area contributed by atoms with Crippen molar-refractivity contribution in [1.82, 2.24) is 10.6 Å². The zero-order valence-corrected chi connectivity index (χ0v) is 19.6. The van der Waals surface area contributed by atoms with E-state index in [1.807, 2.05) is 36.4 Å². The summed E-state index contributed by atoms with van der Waals surface area (Å²) in [6.07, 6.45) is -0.483. The van der Waals surface area contributed by atoms with Gasteiger partial charge in [-0.25, -0.2) is 4.79 Å². The average molecular weight is 476 g/mol. The molecule has 2 rings (SSSR count). The lowest BCUT2D eigenvalue weighted by Gasteiger charge is -2.11. The van der Waals surface area contributed by atoms with Gasteiger partial charge in [0.05, 0.1) is 52.4 Å². The third-order valence-corrected chi connectivity index (χ3v) is 4.47. The first-order valence-corrected chi connectivity index (χ1v) is 11.0. The van der Waals surface area contributed by atoms with E-state index in [0.29, 0.717) is 51.7 Å². The molecule has 0 atom stereocenters. The number of carbonyl (C=O) groups is 2. The van der Waals surface area contributed by atoms with E-state index in [2.05, 4.69) is 16.0 Å². The van der Waals surface area contributed by atoms with E-state index < -0.39 is 6.09 Å². The van der Waals surface area contributed by atoms with Crippen molar-refractivity contribution in [2.75, 3.05) is 72.3 Å². The molecule has 0 aliphatic rings. The molecule has 0 fully saturated rings. The van der Waals surface area contributed by atoms with Crippen LogP contribution in [0.2, 0.25) is 0 Å². The fourth-order valence-corrected chi connectivity index (χ4v) is 2.75. The summed E-state index contributed by atoms with van der Waals surface area (Å²) in [6.45, 7) is 2.95. The van der Waals surface area contributed by atoms with Crippen molar-refractivity contribution in [2.24, 2.45) is 0 Å². The summed E-state index contributed by atoms with van der Waals surface area (Å²) in [5.74, 6) is 0.578. The maximum atomic E-state index is 12.3. The van der Waals surface area contributed by atoms with Crippen LogP contribution in [0.5, 0.6) is 5.75 Å². The first-order chi connectivity index (χ1) is 16.6. The highest BCUT2D eigenvalue weighted by Gasteiger charge is 2.06. The molecule has 0 spiro atoms. The SMILES string of the molecule is CNC(=O)OCCOCCOCCOCCNC(=O)c1ccc(Nc2ccccc2OC)cc1. The standard InChI is InChI=1S/C24H33N3O7/c1-25-24(29)34-18-17-33-16-15-32-14-13-31-12-11-26-23(28)19-7-9-20(10-8-19)27-21-5-3-4-6-22(21)30-2/h3-10,27H,11-18H2,1-2H3,(H,25,29)(H,26,28). The van der Waals surface area contributed by atoms with Crippen molar-refractivity contribution in [3.05, 3.63) is 54.1 Å². The van der Waals surface area contributed by atoms with Crippen LogP contribution < -0.4 is 20.7 Å². The van der Waals surface area contributed by atoms with E-state index in [4.69, 9.17) is 23.7 Å². The summed E-state index contributed by atoms with van der Waals surface area (Å²) in [7, 11) is 3.12. The maximum absolute atomic E-state index is 12.3. The number of nitrogens with one attached hydrogen (secondary N) is 3. The van der Waals surface area contributed by atoms with Crippen LogP contribution in [0.3, 0.4) is 0 Å². The molecule has 0 aliphatic carbocycles. The molecular formula is C24H33N3O7. The van der Waals surface area contributed by atoms with Gasteiger partial charge in [0.15, 0.2) is 0 Å². The van der Waals surface area contributed by atoms with Gasteiger partial charge in [-0.05, 0) is 36.4 Å². The molecule has 0 unspecified atom stereocenters. The molecule has 0 saturated carbocycles. The Kier molecular flexibility index (Phi) is 12.9. The number of methoxy groups -OCH3 is 1. The molecule has 2 aromatic carbocycles. The fraction of sp³-hybridized carbons (Fsp3) is 0.417. The molecule has 34 heavy (non-hydrogen) atoms. The van der Waals surface area contributed by atoms with Crippen molar-refractivity contribution in [2.45, 2.75) is 0 Å². The quantitative estimate of drug-likeness (QED) is 0.317. The Hall–Kier alpha value is -3.34. The van der Waals surface area contributed by atoms with Crippen LogP contribution in [0.4, 0.5) is 16.2 Å². The van der Waals surface area contributed by atoms with Gasteiger partial charge in [0.1, 0.15) is 12.4 Å². The van der Waals surface area contributed by atoms with Gasteiger partial charge < -0.3 is 39.6 Å². The third-order valence-electron chi connectivity index (χ3n) is 4.47. The Morgan fingerprint density at radius 1 is 0.794 bits per heavy atom. The van der Waals surface area contributed by atoms with Crippen LogP contribution in [-0.2, 0) is 18.9 Å². The van der Waals surface area contributed by atoms with Crippen LogP contribution >= 0.6 is 0 Å². The lowest BCUT2D eigenvalue weighted by molar-refractivity contribution is 0.00631. The lowest BCUT2D eigenvalue weighted by atomic mass is 10.2. The van der Waals surface area contributed by atoms with Gasteiger partial charge in [0.2, 0.25) is 0 Å². The van der Waals surface area contributed by atoms with Gasteiger partial charge in [0, 0.05) is 24.8 Å². The monoisotopic (exact) mass is 475 g/mol. The molecule has 0 heterocycles. The first-order valence-electron chi connectivity index (χ1n) is 11.0. The van der Waals surface area contributed by atoms with Gasteiger partial charge in [-0.3, -0.25) is 4.79 Å². The summed E-state index contributed by atoms with van der Waals surface area (Å²) in [5, 5.41) is 8.44. The summed E-state index contributed by atoms with van der Waals surface area (Å²) in [6, 6.07) is 14.8. The number of carbonyl (C=O) groups excluding carboxylic acids is 2. The highest BCUT2D eigenvalue weighted by Crippen LogP contribution is 2.26. The van der Waals surface area contributed by atoms with Gasteiger partial charge in [-0.15, -0.1) is 0 Å². The minimum Gasteiger partial charge on any atom is -0.495 e. The Morgan fingerprint density at radius 2 is 1.41 bits per heavy atom. The molecule has 3 N–H and O–H groups in total. The molecule has 10 heteroatoms. The van der Waals surface area contributed by atoms with E-state index in [1.54, 1.807) is 19.2 Å². The highest BCUT2D eigenvalue weighted by atomic mass is 16.6. The predicted octanol–water partition coefficient (Wildman–Crippen LogP) is 2.57. The van der Waals surface area contributed by atoms with Crippen molar-refractivity contribution in [1.29, 1.82) is 0 Å². The summed E-state index contributed by atoms with van der Waals surface area (Å²) in [5.41, 5.74) is 2.27. The van der Waals surface area contributed by atoms with E-state index in [0.717, 1.165) is 17.1 Å². The third kappa shape index (κ3) is 10.5. The summed E-state index contributed by atoms with van der Waals surface area (Å²) >= 11 is 0.